The van der Waals surface area contributed by atoms with Crippen LogP contribution < -0.4 is 0 Å². The van der Waals surface area contributed by atoms with Crippen LogP contribution in [0.1, 0.15) is 20.8 Å². The molecule has 2 heteroatoms. The van der Waals surface area contributed by atoms with Crippen molar-refractivity contribution in [2.75, 3.05) is 0 Å². The molecule has 0 amide bonds. The summed E-state index contributed by atoms with van der Waals surface area (Å²) in [6.45, 7) is 17.5. The van der Waals surface area contributed by atoms with E-state index in [1.165, 1.54) is 5.20 Å². The van der Waals surface area contributed by atoms with Crippen LogP contribution in [0.15, 0.2) is 11.8 Å². The third kappa shape index (κ3) is 3.32. The number of allylic oxidation sites excluding steroid dienone is 1. The summed E-state index contributed by atoms with van der Waals surface area (Å²) in [4.78, 5) is 0. The molecule has 1 atom stereocenters. The number of alkyl halides is 1. The van der Waals surface area contributed by atoms with Crippen molar-refractivity contribution in [1.82, 2.24) is 0 Å². The summed E-state index contributed by atoms with van der Waals surface area (Å²) in [5, 5.41) is 1.38. The molecule has 0 aromatic heterocycles. The van der Waals surface area contributed by atoms with Gasteiger partial charge in [0.25, 0.3) is 0 Å². The maximum Gasteiger partial charge on any atom is 0.0736 e. The van der Waals surface area contributed by atoms with Crippen LogP contribution in [0.5, 0.6) is 0 Å². The van der Waals surface area contributed by atoms with Crippen LogP contribution in [0.3, 0.4) is 0 Å². The van der Waals surface area contributed by atoms with Gasteiger partial charge in [0.2, 0.25) is 0 Å². The molecule has 0 aliphatic rings. The van der Waals surface area contributed by atoms with Crippen molar-refractivity contribution in [2.45, 2.75) is 45.8 Å². The maximum absolute atomic E-state index is 6.33. The van der Waals surface area contributed by atoms with Crippen LogP contribution in [0, 0.1) is 5.41 Å². The van der Waals surface area contributed by atoms with Crippen molar-refractivity contribution in [3.63, 3.8) is 0 Å². The van der Waals surface area contributed by atoms with Gasteiger partial charge in [-0.15, -0.1) is 18.2 Å². The zero-order valence-corrected chi connectivity index (χ0v) is 10.9. The second-order valence-corrected chi connectivity index (χ2v) is 11.1. The molecular formula is C10H21ClSi. The second kappa shape index (κ2) is 3.55. The first-order valence-electron chi connectivity index (χ1n) is 4.40. The van der Waals surface area contributed by atoms with Gasteiger partial charge in [-0.25, -0.2) is 0 Å². The Kier molecular flexibility index (Phi) is 3.62. The Morgan fingerprint density at radius 3 is 1.67 bits per heavy atom. The van der Waals surface area contributed by atoms with E-state index in [1.807, 2.05) is 0 Å². The molecule has 0 N–H and O–H groups in total. The molecule has 12 heavy (non-hydrogen) atoms. The predicted molar refractivity (Wildman–Crippen MR) is 61.6 cm³/mol. The summed E-state index contributed by atoms with van der Waals surface area (Å²) in [5.74, 6) is 0. The molecule has 0 aromatic rings. The topological polar surface area (TPSA) is 0 Å². The highest BCUT2D eigenvalue weighted by Gasteiger charge is 2.31. The van der Waals surface area contributed by atoms with Gasteiger partial charge in [0, 0.05) is 0 Å². The summed E-state index contributed by atoms with van der Waals surface area (Å²) in [6.07, 6.45) is 0. The van der Waals surface area contributed by atoms with Crippen molar-refractivity contribution < 1.29 is 0 Å². The molecular weight excluding hydrogens is 184 g/mol. The Bertz CT molecular complexity index is 171. The normalized spacial score (nSPS) is 15.9. The van der Waals surface area contributed by atoms with Crippen LogP contribution in [0.2, 0.25) is 19.6 Å². The average molecular weight is 205 g/mol. The van der Waals surface area contributed by atoms with Gasteiger partial charge in [-0.1, -0.05) is 45.6 Å². The van der Waals surface area contributed by atoms with Gasteiger partial charge < -0.3 is 0 Å². The smallest absolute Gasteiger partial charge is 0.0736 e. The molecule has 0 nitrogen and oxygen atoms in total. The lowest BCUT2D eigenvalue weighted by molar-refractivity contribution is 0.423. The lowest BCUT2D eigenvalue weighted by Gasteiger charge is -2.32. The van der Waals surface area contributed by atoms with Crippen LogP contribution in [0.4, 0.5) is 0 Å². The Morgan fingerprint density at radius 1 is 1.25 bits per heavy atom. The molecule has 0 saturated carbocycles. The Hall–Kier alpha value is 0.247. The molecule has 0 aliphatic carbocycles. The number of rotatable bonds is 2. The molecule has 0 heterocycles. The zero-order chi connectivity index (χ0) is 10.2. The molecule has 0 bridgehead atoms. The first-order valence-corrected chi connectivity index (χ1v) is 8.34. The molecule has 0 saturated heterocycles. The molecule has 0 radical (unpaired) electrons. The summed E-state index contributed by atoms with van der Waals surface area (Å²) < 4.78 is 0. The van der Waals surface area contributed by atoms with Gasteiger partial charge in [-0.05, 0) is 5.41 Å². The monoisotopic (exact) mass is 204 g/mol. The number of hydrogen-bond acceptors (Lipinski definition) is 0. The van der Waals surface area contributed by atoms with Crippen LogP contribution in [0.25, 0.3) is 0 Å². The minimum atomic E-state index is -1.26. The van der Waals surface area contributed by atoms with Crippen LogP contribution in [-0.4, -0.2) is 13.5 Å². The van der Waals surface area contributed by atoms with E-state index in [4.69, 9.17) is 11.6 Å². The summed E-state index contributed by atoms with van der Waals surface area (Å²) in [6, 6.07) is 0. The summed E-state index contributed by atoms with van der Waals surface area (Å²) in [5.41, 5.74) is 0.138. The molecule has 0 aliphatic heterocycles. The maximum atomic E-state index is 6.33. The van der Waals surface area contributed by atoms with E-state index in [1.54, 1.807) is 0 Å². The van der Waals surface area contributed by atoms with Gasteiger partial charge in [0.05, 0.1) is 13.5 Å². The van der Waals surface area contributed by atoms with Crippen molar-refractivity contribution >= 4 is 19.7 Å². The zero-order valence-electron chi connectivity index (χ0n) is 9.16. The quantitative estimate of drug-likeness (QED) is 0.470. The van der Waals surface area contributed by atoms with Crippen molar-refractivity contribution in [3.8, 4) is 0 Å². The minimum Gasteiger partial charge on any atom is -0.118 e. The lowest BCUT2D eigenvalue weighted by Crippen LogP contribution is -2.35. The summed E-state index contributed by atoms with van der Waals surface area (Å²) in [7, 11) is -1.26. The summed E-state index contributed by atoms with van der Waals surface area (Å²) >= 11 is 6.33. The average Bonchev–Trinajstić information content (AvgIpc) is 1.80. The first-order chi connectivity index (χ1) is 5.07. The minimum absolute atomic E-state index is 0.115. The fraction of sp³-hybridized carbons (Fsp3) is 0.800. The molecule has 0 spiro atoms. The van der Waals surface area contributed by atoms with Crippen molar-refractivity contribution in [3.05, 3.63) is 11.8 Å². The molecule has 1 unspecified atom stereocenters. The second-order valence-electron chi connectivity index (χ2n) is 5.50. The van der Waals surface area contributed by atoms with Gasteiger partial charge in [-0.3, -0.25) is 0 Å². The highest BCUT2D eigenvalue weighted by molar-refractivity contribution is 6.84. The van der Waals surface area contributed by atoms with E-state index in [0.717, 1.165) is 0 Å². The number of halogens is 1. The standard InChI is InChI=1S/C10H21ClSi/c1-8(12(5,6)7)9(11)10(2,3)4/h9H,1H2,2-7H3. The Balaban J connectivity index is 4.53. The Labute approximate surface area is 83.0 Å². The SMILES string of the molecule is C=C(C(Cl)C(C)(C)C)[Si](C)(C)C. The largest absolute Gasteiger partial charge is 0.118 e. The van der Waals surface area contributed by atoms with E-state index in [9.17, 15) is 0 Å². The third-order valence-corrected chi connectivity index (χ3v) is 5.35. The van der Waals surface area contributed by atoms with Gasteiger partial charge >= 0.3 is 0 Å². The Morgan fingerprint density at radius 2 is 1.58 bits per heavy atom. The van der Waals surface area contributed by atoms with E-state index < -0.39 is 8.07 Å². The third-order valence-electron chi connectivity index (χ3n) is 2.03. The first kappa shape index (κ1) is 12.2. The van der Waals surface area contributed by atoms with E-state index >= 15 is 0 Å². The van der Waals surface area contributed by atoms with Crippen molar-refractivity contribution in [2.24, 2.45) is 5.41 Å². The van der Waals surface area contributed by atoms with Crippen LogP contribution in [-0.2, 0) is 0 Å². The molecule has 0 rings (SSSR count). The van der Waals surface area contributed by atoms with E-state index in [-0.39, 0.29) is 10.8 Å². The fourth-order valence-electron chi connectivity index (χ4n) is 0.903. The lowest BCUT2D eigenvalue weighted by atomic mass is 9.92. The van der Waals surface area contributed by atoms with Gasteiger partial charge in [-0.2, -0.15) is 0 Å². The van der Waals surface area contributed by atoms with E-state index in [2.05, 4.69) is 47.0 Å². The van der Waals surface area contributed by atoms with E-state index in [0.29, 0.717) is 0 Å². The predicted octanol–water partition coefficient (Wildman–Crippen LogP) is 4.07. The van der Waals surface area contributed by atoms with Crippen LogP contribution >= 0.6 is 11.6 Å². The van der Waals surface area contributed by atoms with Gasteiger partial charge in [0.15, 0.2) is 0 Å². The molecule has 0 fully saturated rings. The molecule has 72 valence electrons. The highest BCUT2D eigenvalue weighted by atomic mass is 35.5. The van der Waals surface area contributed by atoms with Gasteiger partial charge in [0.1, 0.15) is 0 Å². The highest BCUT2D eigenvalue weighted by Crippen LogP contribution is 2.33. The number of hydrogen-bond donors (Lipinski definition) is 0. The molecule has 0 aromatic carbocycles. The fourth-order valence-corrected chi connectivity index (χ4v) is 3.08. The van der Waals surface area contributed by atoms with Crippen molar-refractivity contribution in [1.29, 1.82) is 0 Å².